The molecule has 3 heteroatoms. The Balaban J connectivity index is 2.17. The Bertz CT molecular complexity index is 382. The molecule has 0 aromatic heterocycles. The Morgan fingerprint density at radius 1 is 1.18 bits per heavy atom. The smallest absolute Gasteiger partial charge is 0.232 e. The largest absolute Gasteiger partial charge is 0.340 e. The van der Waals surface area contributed by atoms with Gasteiger partial charge in [-0.25, -0.2) is 0 Å². The van der Waals surface area contributed by atoms with Crippen molar-refractivity contribution in [2.24, 2.45) is 0 Å². The molecule has 0 aliphatic carbocycles. The molecule has 0 N–H and O–H groups in total. The van der Waals surface area contributed by atoms with Gasteiger partial charge in [-0.05, 0) is 19.4 Å². The molecule has 0 saturated carbocycles. The summed E-state index contributed by atoms with van der Waals surface area (Å²) in [5.74, 6) is 2.39. The van der Waals surface area contributed by atoms with Gasteiger partial charge < -0.3 is 4.90 Å². The standard InChI is InChI=1S/C14H19NOS/c1-14(2,12-6-4-3-5-7-12)13(16)15-8-10-17-11-9-15/h3-7H,8-11H2,1-2H3. The lowest BCUT2D eigenvalue weighted by Crippen LogP contribution is -2.47. The Labute approximate surface area is 107 Å². The molecule has 1 saturated heterocycles. The van der Waals surface area contributed by atoms with E-state index in [1.807, 2.05) is 60.8 Å². The van der Waals surface area contributed by atoms with Crippen molar-refractivity contribution in [2.45, 2.75) is 19.3 Å². The molecule has 0 unspecified atom stereocenters. The van der Waals surface area contributed by atoms with Crippen molar-refractivity contribution < 1.29 is 4.79 Å². The average molecular weight is 249 g/mol. The zero-order valence-electron chi connectivity index (χ0n) is 10.5. The van der Waals surface area contributed by atoms with Crippen LogP contribution in [0.2, 0.25) is 0 Å². The van der Waals surface area contributed by atoms with Crippen molar-refractivity contribution >= 4 is 17.7 Å². The lowest BCUT2D eigenvalue weighted by atomic mass is 9.83. The summed E-state index contributed by atoms with van der Waals surface area (Å²) in [6, 6.07) is 10.1. The second kappa shape index (κ2) is 5.13. The number of thioether (sulfide) groups is 1. The van der Waals surface area contributed by atoms with Gasteiger partial charge in [-0.1, -0.05) is 30.3 Å². The zero-order chi connectivity index (χ0) is 12.3. The maximum absolute atomic E-state index is 12.5. The molecule has 0 spiro atoms. The fourth-order valence-corrected chi connectivity index (χ4v) is 3.04. The van der Waals surface area contributed by atoms with Crippen LogP contribution < -0.4 is 0 Å². The Hall–Kier alpha value is -0.960. The summed E-state index contributed by atoms with van der Waals surface area (Å²) in [4.78, 5) is 14.5. The van der Waals surface area contributed by atoms with Crippen LogP contribution in [0.4, 0.5) is 0 Å². The van der Waals surface area contributed by atoms with Crippen LogP contribution in [0.25, 0.3) is 0 Å². The average Bonchev–Trinajstić information content (AvgIpc) is 2.40. The molecule has 1 fully saturated rings. The minimum absolute atomic E-state index is 0.254. The fraction of sp³-hybridized carbons (Fsp3) is 0.500. The van der Waals surface area contributed by atoms with E-state index >= 15 is 0 Å². The quantitative estimate of drug-likeness (QED) is 0.803. The third-order valence-corrected chi connectivity index (χ3v) is 4.27. The van der Waals surface area contributed by atoms with Crippen LogP contribution in [0, 0.1) is 0 Å². The lowest BCUT2D eigenvalue weighted by Gasteiger charge is -2.34. The minimum Gasteiger partial charge on any atom is -0.340 e. The molecule has 1 aromatic rings. The summed E-state index contributed by atoms with van der Waals surface area (Å²) in [5, 5.41) is 0. The number of carbonyl (C=O) groups excluding carboxylic acids is 1. The molecule has 1 aliphatic heterocycles. The summed E-state index contributed by atoms with van der Waals surface area (Å²) in [7, 11) is 0. The van der Waals surface area contributed by atoms with Crippen molar-refractivity contribution in [2.75, 3.05) is 24.6 Å². The molecule has 0 radical (unpaired) electrons. The van der Waals surface area contributed by atoms with Gasteiger partial charge in [0.15, 0.2) is 0 Å². The molecule has 2 rings (SSSR count). The number of benzene rings is 1. The fourth-order valence-electron chi connectivity index (χ4n) is 2.14. The number of carbonyl (C=O) groups is 1. The normalized spacial score (nSPS) is 16.9. The molecule has 0 atom stereocenters. The van der Waals surface area contributed by atoms with Crippen LogP contribution >= 0.6 is 11.8 Å². The number of hydrogen-bond acceptors (Lipinski definition) is 2. The Morgan fingerprint density at radius 3 is 2.35 bits per heavy atom. The maximum Gasteiger partial charge on any atom is 0.232 e. The van der Waals surface area contributed by atoms with Gasteiger partial charge in [-0.3, -0.25) is 4.79 Å². The lowest BCUT2D eigenvalue weighted by molar-refractivity contribution is -0.135. The van der Waals surface area contributed by atoms with Gasteiger partial charge in [-0.15, -0.1) is 0 Å². The molecular formula is C14H19NOS. The Morgan fingerprint density at radius 2 is 1.76 bits per heavy atom. The van der Waals surface area contributed by atoms with Gasteiger partial charge in [-0.2, -0.15) is 11.8 Å². The molecule has 92 valence electrons. The van der Waals surface area contributed by atoms with Crippen molar-refractivity contribution in [3.8, 4) is 0 Å². The van der Waals surface area contributed by atoms with E-state index in [1.165, 1.54) is 0 Å². The third kappa shape index (κ3) is 2.65. The number of rotatable bonds is 2. The van der Waals surface area contributed by atoms with E-state index in [9.17, 15) is 4.79 Å². The molecule has 1 aromatic carbocycles. The van der Waals surface area contributed by atoms with E-state index in [0.717, 1.165) is 30.2 Å². The van der Waals surface area contributed by atoms with Crippen molar-refractivity contribution in [1.82, 2.24) is 4.90 Å². The van der Waals surface area contributed by atoms with Crippen molar-refractivity contribution in [3.05, 3.63) is 35.9 Å². The molecule has 0 bridgehead atoms. The van der Waals surface area contributed by atoms with Gasteiger partial charge in [0, 0.05) is 24.6 Å². The predicted octanol–water partition coefficient (Wildman–Crippen LogP) is 2.54. The van der Waals surface area contributed by atoms with E-state index in [2.05, 4.69) is 0 Å². The van der Waals surface area contributed by atoms with Gasteiger partial charge >= 0.3 is 0 Å². The summed E-state index contributed by atoms with van der Waals surface area (Å²) in [6.07, 6.45) is 0. The van der Waals surface area contributed by atoms with Gasteiger partial charge in [0.1, 0.15) is 0 Å². The van der Waals surface area contributed by atoms with Crippen LogP contribution in [0.5, 0.6) is 0 Å². The van der Waals surface area contributed by atoms with Crippen LogP contribution in [-0.4, -0.2) is 35.4 Å². The number of amides is 1. The highest BCUT2D eigenvalue weighted by Gasteiger charge is 2.33. The first-order chi connectivity index (χ1) is 8.12. The van der Waals surface area contributed by atoms with Gasteiger partial charge in [0.2, 0.25) is 5.91 Å². The first kappa shape index (κ1) is 12.5. The van der Waals surface area contributed by atoms with E-state index in [0.29, 0.717) is 0 Å². The first-order valence-corrected chi connectivity index (χ1v) is 7.20. The second-order valence-electron chi connectivity index (χ2n) is 4.90. The van der Waals surface area contributed by atoms with Crippen LogP contribution in [0.1, 0.15) is 19.4 Å². The summed E-state index contributed by atoms with van der Waals surface area (Å²) < 4.78 is 0. The van der Waals surface area contributed by atoms with Crippen molar-refractivity contribution in [3.63, 3.8) is 0 Å². The molecule has 17 heavy (non-hydrogen) atoms. The van der Waals surface area contributed by atoms with E-state index in [1.54, 1.807) is 0 Å². The zero-order valence-corrected chi connectivity index (χ0v) is 11.3. The van der Waals surface area contributed by atoms with Gasteiger partial charge in [0.05, 0.1) is 5.41 Å². The van der Waals surface area contributed by atoms with Crippen LogP contribution in [0.15, 0.2) is 30.3 Å². The van der Waals surface area contributed by atoms with E-state index < -0.39 is 5.41 Å². The SMILES string of the molecule is CC(C)(C(=O)N1CCSCC1)c1ccccc1. The van der Waals surface area contributed by atoms with E-state index in [4.69, 9.17) is 0 Å². The second-order valence-corrected chi connectivity index (χ2v) is 6.12. The molecule has 1 heterocycles. The maximum atomic E-state index is 12.5. The highest BCUT2D eigenvalue weighted by atomic mass is 32.2. The van der Waals surface area contributed by atoms with Crippen molar-refractivity contribution in [1.29, 1.82) is 0 Å². The molecular weight excluding hydrogens is 230 g/mol. The van der Waals surface area contributed by atoms with Crippen LogP contribution in [-0.2, 0) is 10.2 Å². The topological polar surface area (TPSA) is 20.3 Å². The number of nitrogens with zero attached hydrogens (tertiary/aromatic N) is 1. The molecule has 1 amide bonds. The highest BCUT2D eigenvalue weighted by molar-refractivity contribution is 7.99. The first-order valence-electron chi connectivity index (χ1n) is 6.05. The molecule has 2 nitrogen and oxygen atoms in total. The van der Waals surface area contributed by atoms with Crippen LogP contribution in [0.3, 0.4) is 0 Å². The number of hydrogen-bond donors (Lipinski definition) is 0. The summed E-state index contributed by atoms with van der Waals surface area (Å²) in [6.45, 7) is 5.82. The monoisotopic (exact) mass is 249 g/mol. The molecule has 1 aliphatic rings. The third-order valence-electron chi connectivity index (χ3n) is 3.33. The van der Waals surface area contributed by atoms with E-state index in [-0.39, 0.29) is 5.91 Å². The highest BCUT2D eigenvalue weighted by Crippen LogP contribution is 2.26. The minimum atomic E-state index is -0.413. The Kier molecular flexibility index (Phi) is 3.77. The summed E-state index contributed by atoms with van der Waals surface area (Å²) >= 11 is 1.93. The van der Waals surface area contributed by atoms with Gasteiger partial charge in [0.25, 0.3) is 0 Å². The predicted molar refractivity (Wildman–Crippen MR) is 73.4 cm³/mol. The summed E-state index contributed by atoms with van der Waals surface area (Å²) in [5.41, 5.74) is 0.687.